The number of nitrogens with zero attached hydrogens (tertiary/aromatic N) is 2. The molecule has 0 spiro atoms. The second kappa shape index (κ2) is 12.7. The van der Waals surface area contributed by atoms with Crippen LogP contribution in [0.1, 0.15) is 36.2 Å². The predicted molar refractivity (Wildman–Crippen MR) is 141 cm³/mol. The first-order chi connectivity index (χ1) is 18.6. The largest absolute Gasteiger partial charge is 0.497 e. The van der Waals surface area contributed by atoms with Crippen molar-refractivity contribution in [1.82, 2.24) is 4.90 Å². The lowest BCUT2D eigenvalue weighted by atomic mass is 9.81. The third-order valence-corrected chi connectivity index (χ3v) is 6.63. The van der Waals surface area contributed by atoms with Crippen LogP contribution in [-0.4, -0.2) is 55.0 Å². The number of carbonyl (C=O) groups excluding carboxylic acids is 1. The summed E-state index contributed by atoms with van der Waals surface area (Å²) < 4.78 is 51.8. The van der Waals surface area contributed by atoms with Crippen LogP contribution in [0.4, 0.5) is 13.2 Å². The van der Waals surface area contributed by atoms with Crippen LogP contribution in [0.5, 0.6) is 11.5 Å². The number of alkyl halides is 3. The minimum atomic E-state index is -4.87. The van der Waals surface area contributed by atoms with Gasteiger partial charge in [0, 0.05) is 18.7 Å². The lowest BCUT2D eigenvalue weighted by molar-refractivity contribution is -0.241. The zero-order valence-electron chi connectivity index (χ0n) is 22.0. The molecule has 6 nitrogen and oxygen atoms in total. The number of benzene rings is 3. The molecular weight excluding hydrogens is 509 g/mol. The molecule has 1 fully saturated rings. The molecule has 2 unspecified atom stereocenters. The number of carbonyl (C=O) groups is 1. The Labute approximate surface area is 226 Å². The van der Waals surface area contributed by atoms with E-state index in [9.17, 15) is 23.1 Å². The number of nitriles is 1. The molecule has 0 radical (unpaired) electrons. The quantitative estimate of drug-likeness (QED) is 0.392. The molecule has 0 aromatic heterocycles. The van der Waals surface area contributed by atoms with E-state index in [1.807, 2.05) is 13.8 Å². The van der Waals surface area contributed by atoms with Gasteiger partial charge in [0.1, 0.15) is 11.5 Å². The van der Waals surface area contributed by atoms with Crippen LogP contribution < -0.4 is 9.47 Å². The Morgan fingerprint density at radius 2 is 1.54 bits per heavy atom. The van der Waals surface area contributed by atoms with Crippen molar-refractivity contribution in [3.8, 4) is 28.7 Å². The smallest absolute Gasteiger partial charge is 0.415 e. The van der Waals surface area contributed by atoms with Crippen LogP contribution in [-0.2, 0) is 0 Å². The highest BCUT2D eigenvalue weighted by Crippen LogP contribution is 2.42. The normalized spacial score (nSPS) is 17.4. The summed E-state index contributed by atoms with van der Waals surface area (Å²) in [5.41, 5.74) is 0.856. The Morgan fingerprint density at radius 1 is 1.00 bits per heavy atom. The van der Waals surface area contributed by atoms with Crippen molar-refractivity contribution in [1.29, 1.82) is 5.26 Å². The van der Waals surface area contributed by atoms with E-state index in [1.165, 1.54) is 12.0 Å². The van der Waals surface area contributed by atoms with Crippen molar-refractivity contribution in [3.05, 3.63) is 83.9 Å². The van der Waals surface area contributed by atoms with Crippen molar-refractivity contribution >= 4 is 5.91 Å². The van der Waals surface area contributed by atoms with Gasteiger partial charge in [-0.3, -0.25) is 4.79 Å². The Balaban J connectivity index is 0.00000205. The molecule has 9 heteroatoms. The predicted octanol–water partition coefficient (Wildman–Crippen LogP) is 6.09. The van der Waals surface area contributed by atoms with E-state index in [2.05, 4.69) is 6.07 Å². The number of methoxy groups -OCH3 is 1. The topological polar surface area (TPSA) is 82.8 Å². The zero-order chi connectivity index (χ0) is 28.6. The summed E-state index contributed by atoms with van der Waals surface area (Å²) >= 11 is 0. The molecule has 0 bridgehead atoms. The van der Waals surface area contributed by atoms with E-state index in [-0.39, 0.29) is 19.5 Å². The fraction of sp³-hybridized carbons (Fsp3) is 0.333. The van der Waals surface area contributed by atoms with Crippen molar-refractivity contribution in [2.45, 2.75) is 32.5 Å². The van der Waals surface area contributed by atoms with E-state index < -0.39 is 30.2 Å². The highest BCUT2D eigenvalue weighted by atomic mass is 19.4. The van der Waals surface area contributed by atoms with Crippen LogP contribution in [0.3, 0.4) is 0 Å². The first-order valence-electron chi connectivity index (χ1n) is 12.6. The van der Waals surface area contributed by atoms with Gasteiger partial charge in [-0.15, -0.1) is 0 Å². The van der Waals surface area contributed by atoms with Gasteiger partial charge in [-0.25, -0.2) is 0 Å². The Bertz CT molecular complexity index is 1270. The molecule has 1 aliphatic rings. The Hall–Kier alpha value is -4.03. The summed E-state index contributed by atoms with van der Waals surface area (Å²) in [6, 6.07) is 22.1. The highest BCUT2D eigenvalue weighted by Gasteiger charge is 2.56. The average molecular weight is 541 g/mol. The van der Waals surface area contributed by atoms with Gasteiger partial charge in [-0.05, 0) is 66.1 Å². The second-order valence-electron chi connectivity index (χ2n) is 9.01. The molecule has 1 heterocycles. The Kier molecular flexibility index (Phi) is 9.60. The maximum Gasteiger partial charge on any atom is 0.415 e. The van der Waals surface area contributed by atoms with Crippen LogP contribution in [0, 0.1) is 16.7 Å². The van der Waals surface area contributed by atoms with Gasteiger partial charge in [-0.2, -0.15) is 18.4 Å². The number of rotatable bonds is 7. The average Bonchev–Trinajstić information content (AvgIpc) is 3.42. The number of likely N-dealkylation sites (tertiary alicyclic amines) is 1. The van der Waals surface area contributed by atoms with Gasteiger partial charge in [0.25, 0.3) is 5.91 Å². The summed E-state index contributed by atoms with van der Waals surface area (Å²) in [5, 5.41) is 19.2. The number of hydrogen-bond acceptors (Lipinski definition) is 5. The fourth-order valence-electron chi connectivity index (χ4n) is 4.46. The molecule has 1 amide bonds. The first-order valence-corrected chi connectivity index (χ1v) is 12.6. The molecule has 3 aromatic carbocycles. The van der Waals surface area contributed by atoms with Crippen LogP contribution in [0.25, 0.3) is 11.1 Å². The minimum absolute atomic E-state index is 0.0546. The van der Waals surface area contributed by atoms with E-state index in [1.54, 1.807) is 72.8 Å². The lowest BCUT2D eigenvalue weighted by Gasteiger charge is -2.35. The van der Waals surface area contributed by atoms with Crippen molar-refractivity contribution < 1.29 is 32.5 Å². The van der Waals surface area contributed by atoms with Gasteiger partial charge in [0.05, 0.1) is 30.8 Å². The monoisotopic (exact) mass is 540 g/mol. The number of aliphatic hydroxyl groups excluding tert-OH is 1. The van der Waals surface area contributed by atoms with Gasteiger partial charge in [0.2, 0.25) is 0 Å². The summed E-state index contributed by atoms with van der Waals surface area (Å²) in [7, 11) is 1.49. The van der Waals surface area contributed by atoms with Crippen LogP contribution in [0.2, 0.25) is 0 Å². The van der Waals surface area contributed by atoms with E-state index in [4.69, 9.17) is 14.7 Å². The summed E-state index contributed by atoms with van der Waals surface area (Å²) in [5.74, 6) is 0.468. The van der Waals surface area contributed by atoms with E-state index >= 15 is 0 Å². The zero-order valence-corrected chi connectivity index (χ0v) is 22.0. The molecule has 206 valence electrons. The standard InChI is InChI=1S/C28H25F3N2O4.C2H6/c1-36-23-10-8-22(9-11-23)25(34)33-15-14-27(17-33,26(35)28(29,30)31)18-37-24-12-6-21(7-13-24)20-4-2-19(16-32)3-5-20;1-2/h2-13,26,35H,14-15,17-18H2,1H3;1-2H3. The van der Waals surface area contributed by atoms with Crippen LogP contribution >= 0.6 is 0 Å². The SMILES string of the molecule is CC.COc1ccc(C(=O)N2CCC(COc3ccc(-c4ccc(C#N)cc4)cc3)(C(O)C(F)(F)F)C2)cc1. The molecule has 1 saturated heterocycles. The molecule has 2 atom stereocenters. The fourth-order valence-corrected chi connectivity index (χ4v) is 4.46. The van der Waals surface area contributed by atoms with Crippen molar-refractivity contribution in [2.75, 3.05) is 26.8 Å². The lowest BCUT2D eigenvalue weighted by Crippen LogP contribution is -2.50. The molecular formula is C30H31F3N2O4. The van der Waals surface area contributed by atoms with Gasteiger partial charge >= 0.3 is 6.18 Å². The van der Waals surface area contributed by atoms with Gasteiger partial charge in [-0.1, -0.05) is 38.1 Å². The van der Waals surface area contributed by atoms with Gasteiger partial charge in [0.15, 0.2) is 6.10 Å². The third-order valence-electron chi connectivity index (χ3n) is 6.63. The maximum atomic E-state index is 13.7. The van der Waals surface area contributed by atoms with E-state index in [0.29, 0.717) is 22.6 Å². The third kappa shape index (κ3) is 6.89. The molecule has 4 rings (SSSR count). The van der Waals surface area contributed by atoms with Crippen LogP contribution in [0.15, 0.2) is 72.8 Å². The summed E-state index contributed by atoms with van der Waals surface area (Å²) in [6.45, 7) is 3.33. The first kappa shape index (κ1) is 29.5. The minimum Gasteiger partial charge on any atom is -0.497 e. The summed E-state index contributed by atoms with van der Waals surface area (Å²) in [6.07, 6.45) is -7.60. The Morgan fingerprint density at radius 3 is 2.05 bits per heavy atom. The molecule has 1 N–H and O–H groups in total. The van der Waals surface area contributed by atoms with Crippen molar-refractivity contribution in [2.24, 2.45) is 5.41 Å². The van der Waals surface area contributed by atoms with Gasteiger partial charge < -0.3 is 19.5 Å². The van der Waals surface area contributed by atoms with Crippen molar-refractivity contribution in [3.63, 3.8) is 0 Å². The number of aliphatic hydroxyl groups is 1. The molecule has 0 saturated carbocycles. The maximum absolute atomic E-state index is 13.7. The molecule has 1 aliphatic heterocycles. The number of amides is 1. The number of halogens is 3. The second-order valence-corrected chi connectivity index (χ2v) is 9.01. The molecule has 3 aromatic rings. The molecule has 39 heavy (non-hydrogen) atoms. The highest BCUT2D eigenvalue weighted by molar-refractivity contribution is 5.94. The molecule has 0 aliphatic carbocycles. The van der Waals surface area contributed by atoms with E-state index in [0.717, 1.165) is 11.1 Å². The summed E-state index contributed by atoms with van der Waals surface area (Å²) in [4.78, 5) is 14.3. The number of ether oxygens (including phenoxy) is 2. The number of hydrogen-bond donors (Lipinski definition) is 1.